The van der Waals surface area contributed by atoms with Crippen molar-refractivity contribution in [1.82, 2.24) is 0 Å². The minimum Gasteiger partial charge on any atom is -0.392 e. The Kier molecular flexibility index (Phi) is 4.61. The van der Waals surface area contributed by atoms with Crippen LogP contribution in [0, 0.1) is 6.92 Å². The number of anilines is 1. The molecule has 0 aromatic heterocycles. The highest BCUT2D eigenvalue weighted by atomic mass is 16.5. The normalized spacial score (nSPS) is 20.2. The first kappa shape index (κ1) is 13.4. The van der Waals surface area contributed by atoms with E-state index in [4.69, 9.17) is 9.84 Å². The summed E-state index contributed by atoms with van der Waals surface area (Å²) >= 11 is 0. The van der Waals surface area contributed by atoms with Gasteiger partial charge in [0.15, 0.2) is 0 Å². The summed E-state index contributed by atoms with van der Waals surface area (Å²) in [6.07, 6.45) is 2.71. The molecule has 1 aromatic rings. The van der Waals surface area contributed by atoms with Crippen molar-refractivity contribution in [3.63, 3.8) is 0 Å². The number of aliphatic hydroxyl groups excluding tert-OH is 1. The zero-order valence-corrected chi connectivity index (χ0v) is 11.4. The van der Waals surface area contributed by atoms with Crippen LogP contribution in [0.1, 0.15) is 30.9 Å². The second-order valence-electron chi connectivity index (χ2n) is 4.94. The Labute approximate surface area is 109 Å². The summed E-state index contributed by atoms with van der Waals surface area (Å²) < 4.78 is 5.74. The summed E-state index contributed by atoms with van der Waals surface area (Å²) in [5.74, 6) is 0. The van der Waals surface area contributed by atoms with Crippen molar-refractivity contribution < 1.29 is 9.84 Å². The number of aryl methyl sites for hydroxylation is 1. The third kappa shape index (κ3) is 3.03. The Morgan fingerprint density at radius 2 is 2.28 bits per heavy atom. The van der Waals surface area contributed by atoms with Gasteiger partial charge in [-0.15, -0.1) is 0 Å². The molecule has 2 rings (SSSR count). The zero-order chi connectivity index (χ0) is 13.0. The third-order valence-corrected chi connectivity index (χ3v) is 3.56. The van der Waals surface area contributed by atoms with Crippen LogP contribution in [0.3, 0.4) is 0 Å². The summed E-state index contributed by atoms with van der Waals surface area (Å²) in [6.45, 7) is 7.15. The summed E-state index contributed by atoms with van der Waals surface area (Å²) in [4.78, 5) is 2.40. The Bertz CT molecular complexity index is 390. The van der Waals surface area contributed by atoms with Crippen molar-refractivity contribution in [1.29, 1.82) is 0 Å². The van der Waals surface area contributed by atoms with Gasteiger partial charge in [-0.25, -0.2) is 0 Å². The standard InChI is InChI=1S/C15H23NO2/c1-3-18-14-5-4-8-16(10-14)15-7-6-13(11-17)9-12(15)2/h6-7,9,14,17H,3-5,8,10-11H2,1-2H3. The number of piperidine rings is 1. The van der Waals surface area contributed by atoms with Crippen LogP contribution < -0.4 is 4.90 Å². The van der Waals surface area contributed by atoms with Gasteiger partial charge >= 0.3 is 0 Å². The van der Waals surface area contributed by atoms with Crippen molar-refractivity contribution in [2.24, 2.45) is 0 Å². The summed E-state index contributed by atoms with van der Waals surface area (Å²) in [5, 5.41) is 9.14. The highest BCUT2D eigenvalue weighted by Crippen LogP contribution is 2.25. The maximum Gasteiger partial charge on any atom is 0.0750 e. The quantitative estimate of drug-likeness (QED) is 0.890. The molecule has 3 heteroatoms. The molecule has 0 saturated carbocycles. The molecule has 1 N–H and O–H groups in total. The lowest BCUT2D eigenvalue weighted by Crippen LogP contribution is -2.40. The van der Waals surface area contributed by atoms with Crippen LogP contribution >= 0.6 is 0 Å². The fourth-order valence-electron chi connectivity index (χ4n) is 2.70. The van der Waals surface area contributed by atoms with E-state index in [2.05, 4.69) is 30.9 Å². The highest BCUT2D eigenvalue weighted by molar-refractivity contribution is 5.54. The van der Waals surface area contributed by atoms with E-state index >= 15 is 0 Å². The van der Waals surface area contributed by atoms with Gasteiger partial charge in [-0.1, -0.05) is 12.1 Å². The van der Waals surface area contributed by atoms with Gasteiger partial charge in [0.1, 0.15) is 0 Å². The van der Waals surface area contributed by atoms with E-state index in [0.29, 0.717) is 6.10 Å². The topological polar surface area (TPSA) is 32.7 Å². The van der Waals surface area contributed by atoms with Gasteiger partial charge in [0, 0.05) is 25.4 Å². The summed E-state index contributed by atoms with van der Waals surface area (Å²) in [6, 6.07) is 6.20. The maximum absolute atomic E-state index is 9.14. The molecule has 0 aliphatic carbocycles. The smallest absolute Gasteiger partial charge is 0.0750 e. The minimum absolute atomic E-state index is 0.114. The fourth-order valence-corrected chi connectivity index (χ4v) is 2.70. The Morgan fingerprint density at radius 1 is 1.44 bits per heavy atom. The van der Waals surface area contributed by atoms with Crippen molar-refractivity contribution in [3.05, 3.63) is 29.3 Å². The van der Waals surface area contributed by atoms with Crippen molar-refractivity contribution in [2.75, 3.05) is 24.6 Å². The molecular weight excluding hydrogens is 226 g/mol. The number of nitrogens with zero attached hydrogens (tertiary/aromatic N) is 1. The van der Waals surface area contributed by atoms with Gasteiger partial charge in [0.25, 0.3) is 0 Å². The number of aliphatic hydroxyl groups is 1. The first-order chi connectivity index (χ1) is 8.74. The van der Waals surface area contributed by atoms with Crippen LogP contribution in [0.5, 0.6) is 0 Å². The number of benzene rings is 1. The second-order valence-corrected chi connectivity index (χ2v) is 4.94. The van der Waals surface area contributed by atoms with E-state index in [1.807, 2.05) is 6.07 Å². The predicted octanol–water partition coefficient (Wildman–Crippen LogP) is 2.49. The molecule has 1 atom stereocenters. The lowest BCUT2D eigenvalue weighted by molar-refractivity contribution is 0.0526. The predicted molar refractivity (Wildman–Crippen MR) is 74.0 cm³/mol. The molecule has 1 saturated heterocycles. The molecule has 1 aromatic carbocycles. The van der Waals surface area contributed by atoms with E-state index in [1.54, 1.807) is 0 Å². The van der Waals surface area contributed by atoms with E-state index in [9.17, 15) is 0 Å². The Hall–Kier alpha value is -1.06. The molecule has 0 amide bonds. The van der Waals surface area contributed by atoms with Crippen LogP contribution in [0.4, 0.5) is 5.69 Å². The average Bonchev–Trinajstić information content (AvgIpc) is 2.39. The molecule has 18 heavy (non-hydrogen) atoms. The number of hydrogen-bond donors (Lipinski definition) is 1. The lowest BCUT2D eigenvalue weighted by atomic mass is 10.0. The number of ether oxygens (including phenoxy) is 1. The van der Waals surface area contributed by atoms with Gasteiger partial charge in [0.05, 0.1) is 12.7 Å². The maximum atomic E-state index is 9.14. The van der Waals surface area contributed by atoms with E-state index in [1.165, 1.54) is 17.7 Å². The lowest BCUT2D eigenvalue weighted by Gasteiger charge is -2.35. The van der Waals surface area contributed by atoms with E-state index in [-0.39, 0.29) is 6.61 Å². The van der Waals surface area contributed by atoms with Crippen LogP contribution in [0.15, 0.2) is 18.2 Å². The molecule has 0 bridgehead atoms. The molecule has 100 valence electrons. The van der Waals surface area contributed by atoms with Crippen LogP contribution in [0.25, 0.3) is 0 Å². The van der Waals surface area contributed by atoms with Crippen LogP contribution in [0.2, 0.25) is 0 Å². The Morgan fingerprint density at radius 3 is 2.94 bits per heavy atom. The first-order valence-electron chi connectivity index (χ1n) is 6.81. The zero-order valence-electron chi connectivity index (χ0n) is 11.4. The molecule has 3 nitrogen and oxygen atoms in total. The van der Waals surface area contributed by atoms with Gasteiger partial charge < -0.3 is 14.7 Å². The monoisotopic (exact) mass is 249 g/mol. The molecular formula is C15H23NO2. The van der Waals surface area contributed by atoms with Crippen molar-refractivity contribution >= 4 is 5.69 Å². The van der Waals surface area contributed by atoms with Gasteiger partial charge in [0.2, 0.25) is 0 Å². The largest absolute Gasteiger partial charge is 0.392 e. The average molecular weight is 249 g/mol. The van der Waals surface area contributed by atoms with E-state index < -0.39 is 0 Å². The van der Waals surface area contributed by atoms with E-state index in [0.717, 1.165) is 31.7 Å². The van der Waals surface area contributed by atoms with Crippen molar-refractivity contribution in [2.45, 2.75) is 39.4 Å². The highest BCUT2D eigenvalue weighted by Gasteiger charge is 2.21. The molecule has 0 spiro atoms. The van der Waals surface area contributed by atoms with Crippen molar-refractivity contribution in [3.8, 4) is 0 Å². The minimum atomic E-state index is 0.114. The third-order valence-electron chi connectivity index (χ3n) is 3.56. The molecule has 1 unspecified atom stereocenters. The fraction of sp³-hybridized carbons (Fsp3) is 0.600. The van der Waals surface area contributed by atoms with Crippen LogP contribution in [-0.2, 0) is 11.3 Å². The van der Waals surface area contributed by atoms with Crippen LogP contribution in [-0.4, -0.2) is 30.9 Å². The summed E-state index contributed by atoms with van der Waals surface area (Å²) in [5.41, 5.74) is 3.49. The Balaban J connectivity index is 2.10. The van der Waals surface area contributed by atoms with Gasteiger partial charge in [-0.3, -0.25) is 0 Å². The number of rotatable bonds is 4. The molecule has 1 heterocycles. The van der Waals surface area contributed by atoms with Gasteiger partial charge in [-0.2, -0.15) is 0 Å². The SMILES string of the molecule is CCOC1CCCN(c2ccc(CO)cc2C)C1. The number of hydrogen-bond acceptors (Lipinski definition) is 3. The molecule has 0 radical (unpaired) electrons. The molecule has 1 aliphatic heterocycles. The first-order valence-corrected chi connectivity index (χ1v) is 6.81. The van der Waals surface area contributed by atoms with Gasteiger partial charge in [-0.05, 0) is 43.9 Å². The summed E-state index contributed by atoms with van der Waals surface area (Å²) in [7, 11) is 0. The molecule has 1 aliphatic rings. The molecule has 1 fully saturated rings. The second kappa shape index (κ2) is 6.21.